The van der Waals surface area contributed by atoms with E-state index in [9.17, 15) is 21.6 Å². The van der Waals surface area contributed by atoms with Crippen molar-refractivity contribution in [2.75, 3.05) is 11.6 Å². The van der Waals surface area contributed by atoms with Crippen molar-refractivity contribution in [2.45, 2.75) is 43.2 Å². The van der Waals surface area contributed by atoms with Crippen molar-refractivity contribution in [1.29, 1.82) is 0 Å². The molecule has 1 saturated carbocycles. The van der Waals surface area contributed by atoms with E-state index in [0.29, 0.717) is 17.4 Å². The molecule has 2 aromatic rings. The molecule has 0 aliphatic heterocycles. The predicted octanol–water partition coefficient (Wildman–Crippen LogP) is 1.91. The molecule has 0 saturated heterocycles. The number of aromatic nitrogens is 4. The van der Waals surface area contributed by atoms with Crippen LogP contribution in [-0.2, 0) is 16.0 Å². The summed E-state index contributed by atoms with van der Waals surface area (Å²) in [5.41, 5.74) is -0.00877. The van der Waals surface area contributed by atoms with Crippen molar-refractivity contribution < 1.29 is 21.6 Å². The fourth-order valence-corrected chi connectivity index (χ4v) is 4.09. The smallest absolute Gasteiger partial charge is 0.366 e. The molecule has 1 fully saturated rings. The average Bonchev–Trinajstić information content (AvgIpc) is 2.90. The Kier molecular flexibility index (Phi) is 4.14. The highest BCUT2D eigenvalue weighted by atomic mass is 32.2. The van der Waals surface area contributed by atoms with Crippen LogP contribution in [0.15, 0.2) is 12.1 Å². The number of rotatable bonds is 3. The van der Waals surface area contributed by atoms with E-state index in [1.807, 2.05) is 0 Å². The molecule has 0 bridgehead atoms. The minimum absolute atomic E-state index is 0.00877. The van der Waals surface area contributed by atoms with Gasteiger partial charge in [-0.25, -0.2) is 8.42 Å². The minimum Gasteiger partial charge on any atom is -0.366 e. The molecule has 2 aromatic heterocycles. The number of alkyl halides is 3. The molecule has 1 aliphatic rings. The van der Waals surface area contributed by atoms with Gasteiger partial charge in [0.2, 0.25) is 0 Å². The highest BCUT2D eigenvalue weighted by Crippen LogP contribution is 2.28. The Morgan fingerprint density at radius 3 is 2.67 bits per heavy atom. The normalized spacial score (nSPS) is 22.7. The first kappa shape index (κ1) is 16.9. The number of sulfone groups is 1. The van der Waals surface area contributed by atoms with Gasteiger partial charge in [-0.3, -0.25) is 0 Å². The zero-order chi connectivity index (χ0) is 17.5. The molecule has 2 atom stereocenters. The van der Waals surface area contributed by atoms with E-state index < -0.39 is 27.1 Å². The van der Waals surface area contributed by atoms with Gasteiger partial charge in [0.05, 0.1) is 5.25 Å². The van der Waals surface area contributed by atoms with Crippen LogP contribution in [0.2, 0.25) is 0 Å². The second-order valence-corrected chi connectivity index (χ2v) is 8.30. The van der Waals surface area contributed by atoms with Gasteiger partial charge < -0.3 is 5.32 Å². The average molecular weight is 363 g/mol. The van der Waals surface area contributed by atoms with E-state index in [-0.39, 0.29) is 17.5 Å². The van der Waals surface area contributed by atoms with Crippen LogP contribution in [0.5, 0.6) is 0 Å². The number of hydrogen-bond acceptors (Lipinski definition) is 6. The molecule has 0 amide bonds. The van der Waals surface area contributed by atoms with Crippen molar-refractivity contribution in [2.24, 2.45) is 0 Å². The molecular weight excluding hydrogens is 347 g/mol. The lowest BCUT2D eigenvalue weighted by atomic mass is 9.95. The number of fused-ring (bicyclic) bond motifs is 1. The summed E-state index contributed by atoms with van der Waals surface area (Å²) in [4.78, 5) is 0. The number of nitrogens with one attached hydrogen (secondary N) is 1. The molecule has 0 radical (unpaired) electrons. The van der Waals surface area contributed by atoms with Crippen molar-refractivity contribution >= 4 is 21.3 Å². The third-order valence-electron chi connectivity index (χ3n) is 4.10. The van der Waals surface area contributed by atoms with E-state index in [2.05, 4.69) is 20.6 Å². The molecule has 3 rings (SSSR count). The van der Waals surface area contributed by atoms with Gasteiger partial charge in [0.25, 0.3) is 5.82 Å². The number of anilines is 1. The molecule has 24 heavy (non-hydrogen) atoms. The van der Waals surface area contributed by atoms with Gasteiger partial charge >= 0.3 is 6.18 Å². The Hall–Kier alpha value is -1.91. The van der Waals surface area contributed by atoms with Crippen molar-refractivity contribution in [1.82, 2.24) is 19.8 Å². The Morgan fingerprint density at radius 2 is 2.00 bits per heavy atom. The summed E-state index contributed by atoms with van der Waals surface area (Å²) in [7, 11) is -3.14. The standard InChI is InChI=1S/C13H16F3N5O2S/c1-24(22,23)9-4-2-3-8(7-9)17-10-5-6-11-18-19-12(13(14,15)16)21(11)20-10/h5-6,8-9H,2-4,7H2,1H3,(H,17,20). The van der Waals surface area contributed by atoms with Crippen LogP contribution in [0.4, 0.5) is 19.0 Å². The summed E-state index contributed by atoms with van der Waals surface area (Å²) >= 11 is 0. The third kappa shape index (κ3) is 3.45. The Bertz CT molecular complexity index is 849. The van der Waals surface area contributed by atoms with E-state index in [4.69, 9.17) is 0 Å². The molecule has 7 nitrogen and oxygen atoms in total. The van der Waals surface area contributed by atoms with E-state index in [1.54, 1.807) is 0 Å². The summed E-state index contributed by atoms with van der Waals surface area (Å²) in [6.45, 7) is 0. The first-order valence-electron chi connectivity index (χ1n) is 7.39. The van der Waals surface area contributed by atoms with Gasteiger partial charge in [0.1, 0.15) is 15.7 Å². The summed E-state index contributed by atoms with van der Waals surface area (Å²) in [5.74, 6) is -0.967. The van der Waals surface area contributed by atoms with Gasteiger partial charge in [-0.15, -0.1) is 15.3 Å². The zero-order valence-electron chi connectivity index (χ0n) is 12.8. The molecule has 2 unspecified atom stereocenters. The lowest BCUT2D eigenvalue weighted by Crippen LogP contribution is -2.34. The van der Waals surface area contributed by atoms with Gasteiger partial charge in [-0.2, -0.15) is 17.7 Å². The zero-order valence-corrected chi connectivity index (χ0v) is 13.6. The lowest BCUT2D eigenvalue weighted by molar-refractivity contribution is -0.146. The SMILES string of the molecule is CS(=O)(=O)C1CCCC(Nc2ccc3nnc(C(F)(F)F)n3n2)C1. The van der Waals surface area contributed by atoms with Crippen molar-refractivity contribution in [3.8, 4) is 0 Å². The summed E-state index contributed by atoms with van der Waals surface area (Å²) < 4.78 is 62.6. The fraction of sp³-hybridized carbons (Fsp3) is 0.615. The molecule has 132 valence electrons. The van der Waals surface area contributed by atoms with Gasteiger partial charge in [-0.1, -0.05) is 6.42 Å². The Balaban J connectivity index is 1.83. The van der Waals surface area contributed by atoms with E-state index in [0.717, 1.165) is 12.8 Å². The Labute approximate surface area is 136 Å². The van der Waals surface area contributed by atoms with Crippen LogP contribution in [-0.4, -0.2) is 45.8 Å². The van der Waals surface area contributed by atoms with Crippen LogP contribution in [0, 0.1) is 0 Å². The molecule has 0 aromatic carbocycles. The molecule has 2 heterocycles. The highest BCUT2D eigenvalue weighted by molar-refractivity contribution is 7.91. The maximum Gasteiger partial charge on any atom is 0.453 e. The molecule has 1 aliphatic carbocycles. The third-order valence-corrected chi connectivity index (χ3v) is 5.74. The van der Waals surface area contributed by atoms with Gasteiger partial charge in [0, 0.05) is 12.3 Å². The minimum atomic E-state index is -4.66. The van der Waals surface area contributed by atoms with Crippen LogP contribution in [0.3, 0.4) is 0 Å². The second kappa shape index (κ2) is 5.87. The van der Waals surface area contributed by atoms with Crippen LogP contribution in [0.1, 0.15) is 31.5 Å². The van der Waals surface area contributed by atoms with Gasteiger partial charge in [-0.05, 0) is 31.4 Å². The lowest BCUT2D eigenvalue weighted by Gasteiger charge is -2.28. The van der Waals surface area contributed by atoms with Crippen LogP contribution >= 0.6 is 0 Å². The van der Waals surface area contributed by atoms with Gasteiger partial charge in [0.15, 0.2) is 5.65 Å². The van der Waals surface area contributed by atoms with Crippen molar-refractivity contribution in [3.63, 3.8) is 0 Å². The monoisotopic (exact) mass is 363 g/mol. The fourth-order valence-electron chi connectivity index (χ4n) is 2.92. The number of halogens is 3. The molecule has 0 spiro atoms. The first-order valence-corrected chi connectivity index (χ1v) is 9.35. The molecule has 1 N–H and O–H groups in total. The topological polar surface area (TPSA) is 89.2 Å². The molecular formula is C13H16F3N5O2S. The first-order chi connectivity index (χ1) is 11.1. The number of nitrogens with zero attached hydrogens (tertiary/aromatic N) is 4. The summed E-state index contributed by atoms with van der Waals surface area (Å²) in [6.07, 6.45) is -0.966. The summed E-state index contributed by atoms with van der Waals surface area (Å²) in [5, 5.41) is 13.0. The quantitative estimate of drug-likeness (QED) is 0.896. The maximum absolute atomic E-state index is 12.9. The highest BCUT2D eigenvalue weighted by Gasteiger charge is 2.37. The van der Waals surface area contributed by atoms with E-state index >= 15 is 0 Å². The second-order valence-electron chi connectivity index (χ2n) is 5.97. The summed E-state index contributed by atoms with van der Waals surface area (Å²) in [6, 6.07) is 2.73. The van der Waals surface area contributed by atoms with Crippen molar-refractivity contribution in [3.05, 3.63) is 18.0 Å². The Morgan fingerprint density at radius 1 is 1.25 bits per heavy atom. The van der Waals surface area contributed by atoms with Crippen LogP contribution in [0.25, 0.3) is 5.65 Å². The largest absolute Gasteiger partial charge is 0.453 e. The van der Waals surface area contributed by atoms with E-state index in [1.165, 1.54) is 18.4 Å². The molecule has 11 heteroatoms. The number of hydrogen-bond donors (Lipinski definition) is 1. The predicted molar refractivity (Wildman–Crippen MR) is 80.3 cm³/mol. The van der Waals surface area contributed by atoms with Crippen LogP contribution < -0.4 is 5.32 Å². The maximum atomic E-state index is 12.9.